The first kappa shape index (κ1) is 26.8. The molecule has 4 N–H and O–H groups in total. The monoisotopic (exact) mass is 546 g/mol. The molecule has 6 heteroatoms. The van der Waals surface area contributed by atoms with Gasteiger partial charge in [-0.2, -0.15) is 12.6 Å². The number of fused-ring (bicyclic) bond motifs is 5. The number of hydrogen-bond donors (Lipinski definition) is 4. The molecule has 0 spiro atoms. The van der Waals surface area contributed by atoms with Gasteiger partial charge in [0.25, 0.3) is 5.95 Å². The second kappa shape index (κ2) is 9.90. The van der Waals surface area contributed by atoms with Crippen molar-refractivity contribution in [2.24, 2.45) is 34.3 Å². The smallest absolute Gasteiger partial charge is 0.284 e. The van der Waals surface area contributed by atoms with Crippen molar-refractivity contribution in [1.29, 1.82) is 0 Å². The molecule has 1 aromatic heterocycles. The summed E-state index contributed by atoms with van der Waals surface area (Å²) in [5, 5.41) is 15.6. The number of aliphatic hydroxyl groups is 1. The summed E-state index contributed by atoms with van der Waals surface area (Å²) in [5.41, 5.74) is 11.5. The van der Waals surface area contributed by atoms with Crippen LogP contribution in [0.25, 0.3) is 6.08 Å². The maximum atomic E-state index is 12.0. The van der Waals surface area contributed by atoms with Crippen molar-refractivity contribution in [2.75, 3.05) is 17.6 Å². The number of hydrogen-bond acceptors (Lipinski definition) is 6. The zero-order chi connectivity index (χ0) is 27.4. The standard InChI is InChI=1S/C33H42N2O3S/c1-4-21-7-5-8-24(15-21)35-27-16-23-10-11-25-26-12-13-33(20-39,38-29-9-6-14-37-29)32(26,3)18-28(36)30(25)31(23,2)17-22(27)19-34/h4-9,14-16,25-26,28,30,35-36,39H,1,10-13,17-20,34H2,2-3H3/t25-,26?,28?,30?,31-,32-,33-/m0/s1. The lowest BCUT2D eigenvalue weighted by Gasteiger charge is -2.61. The number of nitrogens with one attached hydrogen (secondary N) is 1. The fourth-order valence-electron chi connectivity index (χ4n) is 9.01. The van der Waals surface area contributed by atoms with Gasteiger partial charge in [0.15, 0.2) is 0 Å². The van der Waals surface area contributed by atoms with Gasteiger partial charge in [-0.1, -0.05) is 44.2 Å². The predicted octanol–water partition coefficient (Wildman–Crippen LogP) is 6.84. The van der Waals surface area contributed by atoms with Crippen LogP contribution < -0.4 is 15.8 Å². The Morgan fingerprint density at radius 2 is 2.10 bits per heavy atom. The van der Waals surface area contributed by atoms with Gasteiger partial charge in [-0.15, -0.1) is 0 Å². The number of nitrogens with two attached hydrogens (primary N) is 1. The Balaban J connectivity index is 1.30. The van der Waals surface area contributed by atoms with E-state index < -0.39 is 11.7 Å². The van der Waals surface area contributed by atoms with Crippen LogP contribution in [0.15, 0.2) is 76.6 Å². The second-order valence-electron chi connectivity index (χ2n) is 12.7. The van der Waals surface area contributed by atoms with E-state index in [0.717, 1.165) is 49.1 Å². The van der Waals surface area contributed by atoms with E-state index in [4.69, 9.17) is 27.5 Å². The van der Waals surface area contributed by atoms with E-state index in [9.17, 15) is 5.11 Å². The van der Waals surface area contributed by atoms with Crippen molar-refractivity contribution in [1.82, 2.24) is 0 Å². The molecular weight excluding hydrogens is 504 g/mol. The van der Waals surface area contributed by atoms with Crippen LogP contribution in [0.3, 0.4) is 0 Å². The zero-order valence-corrected chi connectivity index (χ0v) is 24.1. The highest BCUT2D eigenvalue weighted by Gasteiger charge is 2.67. The van der Waals surface area contributed by atoms with Gasteiger partial charge in [-0.05, 0) is 97.1 Å². The van der Waals surface area contributed by atoms with Crippen LogP contribution in [0.5, 0.6) is 5.95 Å². The van der Waals surface area contributed by atoms with Crippen LogP contribution in [0.4, 0.5) is 5.69 Å². The summed E-state index contributed by atoms with van der Waals surface area (Å²) in [6.45, 7) is 9.12. The molecule has 0 aliphatic heterocycles. The molecule has 0 radical (unpaired) electrons. The van der Waals surface area contributed by atoms with Crippen LogP contribution in [-0.2, 0) is 0 Å². The molecule has 2 aromatic rings. The third-order valence-corrected chi connectivity index (χ3v) is 11.4. The lowest BCUT2D eigenvalue weighted by atomic mass is 9.45. The minimum absolute atomic E-state index is 0.111. The molecule has 0 saturated heterocycles. The lowest BCUT2D eigenvalue weighted by Crippen LogP contribution is -2.61. The molecule has 0 bridgehead atoms. The van der Waals surface area contributed by atoms with Crippen LogP contribution >= 0.6 is 12.6 Å². The van der Waals surface area contributed by atoms with Gasteiger partial charge in [0.1, 0.15) is 5.60 Å². The van der Waals surface area contributed by atoms with E-state index in [0.29, 0.717) is 36.5 Å². The Kier molecular flexibility index (Phi) is 6.80. The second-order valence-corrected chi connectivity index (χ2v) is 13.0. The van der Waals surface area contributed by atoms with Crippen LogP contribution in [0.1, 0.15) is 57.9 Å². The van der Waals surface area contributed by atoms with Gasteiger partial charge in [0.2, 0.25) is 0 Å². The van der Waals surface area contributed by atoms with Gasteiger partial charge in [0.05, 0.1) is 12.4 Å². The van der Waals surface area contributed by atoms with Gasteiger partial charge in [-0.25, -0.2) is 0 Å². The molecule has 39 heavy (non-hydrogen) atoms. The Morgan fingerprint density at radius 1 is 1.26 bits per heavy atom. The molecule has 4 aliphatic rings. The number of allylic oxidation sites excluding steroid dienone is 2. The maximum absolute atomic E-state index is 12.0. The van der Waals surface area contributed by atoms with Gasteiger partial charge in [-0.3, -0.25) is 0 Å². The topological polar surface area (TPSA) is 80.7 Å². The van der Waals surface area contributed by atoms with E-state index in [2.05, 4.69) is 50.0 Å². The SMILES string of the molecule is C=Cc1cccc(NC2=C(CN)C[C@@]3(C)C(=C2)CC[C@@H]2C3C(O)C[C@@]3(C)C2CC[C@@]3(CS)Oc2ccco2)c1. The van der Waals surface area contributed by atoms with Crippen LogP contribution in [0.2, 0.25) is 0 Å². The molecule has 208 valence electrons. The molecule has 7 atom stereocenters. The fourth-order valence-corrected chi connectivity index (χ4v) is 9.60. The van der Waals surface area contributed by atoms with Gasteiger partial charge >= 0.3 is 0 Å². The van der Waals surface area contributed by atoms with E-state index in [-0.39, 0.29) is 16.7 Å². The largest absolute Gasteiger partial charge is 0.457 e. The maximum Gasteiger partial charge on any atom is 0.284 e. The van der Waals surface area contributed by atoms with E-state index >= 15 is 0 Å². The quantitative estimate of drug-likeness (QED) is 0.286. The molecule has 5 nitrogen and oxygen atoms in total. The number of furan rings is 1. The third-order valence-electron chi connectivity index (χ3n) is 10.9. The first-order valence-electron chi connectivity index (χ1n) is 14.4. The highest BCUT2D eigenvalue weighted by atomic mass is 32.1. The van der Waals surface area contributed by atoms with Gasteiger partial charge < -0.3 is 25.3 Å². The zero-order valence-electron chi connectivity index (χ0n) is 23.2. The predicted molar refractivity (Wildman–Crippen MR) is 161 cm³/mol. The number of ether oxygens (including phenoxy) is 1. The highest BCUT2D eigenvalue weighted by Crippen LogP contribution is 2.68. The molecule has 0 amide bonds. The van der Waals surface area contributed by atoms with Crippen molar-refractivity contribution in [2.45, 2.75) is 64.1 Å². The van der Waals surface area contributed by atoms with Crippen molar-refractivity contribution in [3.05, 3.63) is 77.7 Å². The van der Waals surface area contributed by atoms with E-state index in [1.54, 1.807) is 6.26 Å². The molecule has 1 heterocycles. The molecule has 3 fully saturated rings. The molecule has 6 rings (SSSR count). The molecule has 4 aliphatic carbocycles. The Bertz CT molecular complexity index is 1300. The lowest BCUT2D eigenvalue weighted by molar-refractivity contribution is -0.158. The Hall–Kier alpha value is -2.41. The number of benzene rings is 1. The fraction of sp³-hybridized carbons (Fsp3) is 0.515. The highest BCUT2D eigenvalue weighted by molar-refractivity contribution is 7.80. The van der Waals surface area contributed by atoms with Crippen molar-refractivity contribution >= 4 is 24.4 Å². The van der Waals surface area contributed by atoms with Crippen molar-refractivity contribution in [3.8, 4) is 5.95 Å². The van der Waals surface area contributed by atoms with E-state index in [1.165, 1.54) is 11.1 Å². The summed E-state index contributed by atoms with van der Waals surface area (Å²) in [7, 11) is 0. The molecular formula is C33H42N2O3S. The summed E-state index contributed by atoms with van der Waals surface area (Å²) in [6.07, 6.45) is 11.2. The Labute approximate surface area is 238 Å². The first-order valence-corrected chi connectivity index (χ1v) is 15.0. The third kappa shape index (κ3) is 4.13. The molecule has 3 saturated carbocycles. The number of rotatable bonds is 7. The van der Waals surface area contributed by atoms with E-state index in [1.807, 2.05) is 24.3 Å². The summed E-state index contributed by atoms with van der Waals surface area (Å²) >= 11 is 4.82. The summed E-state index contributed by atoms with van der Waals surface area (Å²) < 4.78 is 12.2. The summed E-state index contributed by atoms with van der Waals surface area (Å²) in [6, 6.07) is 12.0. The minimum Gasteiger partial charge on any atom is -0.457 e. The first-order chi connectivity index (χ1) is 18.8. The number of thiol groups is 1. The summed E-state index contributed by atoms with van der Waals surface area (Å²) in [5.74, 6) is 2.25. The molecule has 3 unspecified atom stereocenters. The molecule has 1 aromatic carbocycles. The minimum atomic E-state index is -0.451. The van der Waals surface area contributed by atoms with Gasteiger partial charge in [0, 0.05) is 35.2 Å². The van der Waals surface area contributed by atoms with Crippen molar-refractivity contribution < 1.29 is 14.3 Å². The number of aliphatic hydroxyl groups excluding tert-OH is 1. The average Bonchev–Trinajstić information content (AvgIpc) is 3.54. The summed E-state index contributed by atoms with van der Waals surface area (Å²) in [4.78, 5) is 0. The van der Waals surface area contributed by atoms with Crippen molar-refractivity contribution in [3.63, 3.8) is 0 Å². The Morgan fingerprint density at radius 3 is 2.82 bits per heavy atom. The van der Waals surface area contributed by atoms with Crippen LogP contribution in [0, 0.1) is 28.6 Å². The van der Waals surface area contributed by atoms with Crippen LogP contribution in [-0.4, -0.2) is 29.1 Å². The average molecular weight is 547 g/mol. The number of anilines is 1. The normalized spacial score (nSPS) is 37.4.